The van der Waals surface area contributed by atoms with Gasteiger partial charge in [-0.25, -0.2) is 0 Å². The average molecular weight is 218 g/mol. The molecule has 86 valence electrons. The Bertz CT molecular complexity index is 417. The smallest absolute Gasteiger partial charge is 0.196 e. The standard InChI is InChI=1S/C13H18N2O/c1-14-8-5-9-15(2)13-10-11-6-3-4-7-12(11)16-13/h3-4,6-7,10,14H,5,8-9H2,1-2H3. The summed E-state index contributed by atoms with van der Waals surface area (Å²) in [5.41, 5.74) is 0.956. The highest BCUT2D eigenvalue weighted by Gasteiger charge is 2.06. The van der Waals surface area contributed by atoms with Gasteiger partial charge in [0.05, 0.1) is 0 Å². The minimum atomic E-state index is 0.942. The largest absolute Gasteiger partial charge is 0.441 e. The first-order valence-corrected chi connectivity index (χ1v) is 5.65. The Morgan fingerprint density at radius 2 is 2.12 bits per heavy atom. The minimum absolute atomic E-state index is 0.942. The number of nitrogens with one attached hydrogen (secondary N) is 1. The second-order valence-electron chi connectivity index (χ2n) is 4.00. The van der Waals surface area contributed by atoms with Crippen molar-refractivity contribution in [2.45, 2.75) is 6.42 Å². The number of furan rings is 1. The zero-order valence-electron chi connectivity index (χ0n) is 9.86. The molecule has 0 aliphatic heterocycles. The van der Waals surface area contributed by atoms with Gasteiger partial charge in [-0.15, -0.1) is 0 Å². The third kappa shape index (κ3) is 2.36. The topological polar surface area (TPSA) is 28.4 Å². The molecule has 0 atom stereocenters. The lowest BCUT2D eigenvalue weighted by atomic mass is 10.2. The molecule has 0 fully saturated rings. The summed E-state index contributed by atoms with van der Waals surface area (Å²) in [6.45, 7) is 2.03. The molecule has 0 aliphatic carbocycles. The van der Waals surface area contributed by atoms with Crippen LogP contribution in [0.5, 0.6) is 0 Å². The van der Waals surface area contributed by atoms with Crippen molar-refractivity contribution in [2.24, 2.45) is 0 Å². The molecular formula is C13H18N2O. The third-order valence-electron chi connectivity index (χ3n) is 2.71. The number of hydrogen-bond acceptors (Lipinski definition) is 3. The molecule has 1 N–H and O–H groups in total. The molecule has 3 heteroatoms. The Morgan fingerprint density at radius 1 is 1.31 bits per heavy atom. The molecular weight excluding hydrogens is 200 g/mol. The molecule has 0 saturated carbocycles. The van der Waals surface area contributed by atoms with E-state index < -0.39 is 0 Å². The summed E-state index contributed by atoms with van der Waals surface area (Å²) in [6, 6.07) is 10.2. The molecule has 16 heavy (non-hydrogen) atoms. The van der Waals surface area contributed by atoms with E-state index in [1.54, 1.807) is 0 Å². The van der Waals surface area contributed by atoms with Gasteiger partial charge in [0.15, 0.2) is 5.88 Å². The third-order valence-corrected chi connectivity index (χ3v) is 2.71. The molecule has 0 radical (unpaired) electrons. The maximum atomic E-state index is 5.77. The van der Waals surface area contributed by atoms with Gasteiger partial charge in [-0.3, -0.25) is 0 Å². The van der Waals surface area contributed by atoms with Gasteiger partial charge in [-0.05, 0) is 26.1 Å². The molecule has 1 aromatic heterocycles. The van der Waals surface area contributed by atoms with Crippen molar-refractivity contribution in [3.8, 4) is 0 Å². The summed E-state index contributed by atoms with van der Waals surface area (Å²) >= 11 is 0. The molecule has 2 aromatic rings. The van der Waals surface area contributed by atoms with Gasteiger partial charge in [0.25, 0.3) is 0 Å². The van der Waals surface area contributed by atoms with E-state index in [2.05, 4.69) is 29.4 Å². The SMILES string of the molecule is CNCCCN(C)c1cc2ccccc2o1. The van der Waals surface area contributed by atoms with Crippen LogP contribution in [0.1, 0.15) is 6.42 Å². The summed E-state index contributed by atoms with van der Waals surface area (Å²) in [4.78, 5) is 2.15. The highest BCUT2D eigenvalue weighted by atomic mass is 16.4. The number of fused-ring (bicyclic) bond motifs is 1. The van der Waals surface area contributed by atoms with Crippen LogP contribution < -0.4 is 10.2 Å². The second kappa shape index (κ2) is 5.03. The zero-order chi connectivity index (χ0) is 11.4. The Morgan fingerprint density at radius 3 is 2.88 bits per heavy atom. The molecule has 1 aromatic carbocycles. The lowest BCUT2D eigenvalue weighted by Crippen LogP contribution is -2.21. The Hall–Kier alpha value is -1.48. The van der Waals surface area contributed by atoms with E-state index in [-0.39, 0.29) is 0 Å². The lowest BCUT2D eigenvalue weighted by molar-refractivity contribution is 0.587. The van der Waals surface area contributed by atoms with Crippen molar-refractivity contribution in [1.29, 1.82) is 0 Å². The fourth-order valence-electron chi connectivity index (χ4n) is 1.76. The van der Waals surface area contributed by atoms with Crippen molar-refractivity contribution >= 4 is 16.9 Å². The first-order chi connectivity index (χ1) is 7.81. The molecule has 0 saturated heterocycles. The maximum Gasteiger partial charge on any atom is 0.196 e. The van der Waals surface area contributed by atoms with Gasteiger partial charge < -0.3 is 14.6 Å². The quantitative estimate of drug-likeness (QED) is 0.781. The number of rotatable bonds is 5. The van der Waals surface area contributed by atoms with Gasteiger partial charge in [-0.2, -0.15) is 0 Å². The molecule has 0 unspecified atom stereocenters. The highest BCUT2D eigenvalue weighted by Crippen LogP contribution is 2.24. The molecule has 1 heterocycles. The summed E-state index contributed by atoms with van der Waals surface area (Å²) < 4.78 is 5.77. The normalized spacial score (nSPS) is 10.9. The molecule has 0 amide bonds. The number of nitrogens with zero attached hydrogens (tertiary/aromatic N) is 1. The second-order valence-corrected chi connectivity index (χ2v) is 4.00. The van der Waals surface area contributed by atoms with Gasteiger partial charge in [0.1, 0.15) is 5.58 Å². The van der Waals surface area contributed by atoms with Gasteiger partial charge in [-0.1, -0.05) is 18.2 Å². The lowest BCUT2D eigenvalue weighted by Gasteiger charge is -2.15. The number of benzene rings is 1. The molecule has 0 spiro atoms. The summed E-state index contributed by atoms with van der Waals surface area (Å²) in [5.74, 6) is 0.942. The Labute approximate surface area is 96.0 Å². The molecule has 0 bridgehead atoms. The van der Waals surface area contributed by atoms with Crippen LogP contribution >= 0.6 is 0 Å². The molecule has 0 aliphatic rings. The number of hydrogen-bond donors (Lipinski definition) is 1. The van der Waals surface area contributed by atoms with E-state index in [0.29, 0.717) is 0 Å². The highest BCUT2D eigenvalue weighted by molar-refractivity contribution is 5.80. The summed E-state index contributed by atoms with van der Waals surface area (Å²) in [7, 11) is 4.04. The first kappa shape index (κ1) is 11.0. The van der Waals surface area contributed by atoms with Crippen molar-refractivity contribution in [3.63, 3.8) is 0 Å². The van der Waals surface area contributed by atoms with Crippen LogP contribution in [0.15, 0.2) is 34.7 Å². The summed E-state index contributed by atoms with van der Waals surface area (Å²) in [5, 5.41) is 4.31. The average Bonchev–Trinajstić information content (AvgIpc) is 2.73. The molecule has 3 nitrogen and oxygen atoms in total. The van der Waals surface area contributed by atoms with Crippen molar-refractivity contribution in [3.05, 3.63) is 30.3 Å². The van der Waals surface area contributed by atoms with E-state index in [4.69, 9.17) is 4.42 Å². The van der Waals surface area contributed by atoms with Crippen LogP contribution in [0.4, 0.5) is 5.88 Å². The van der Waals surface area contributed by atoms with Gasteiger partial charge in [0, 0.05) is 25.0 Å². The Balaban J connectivity index is 2.07. The monoisotopic (exact) mass is 218 g/mol. The van der Waals surface area contributed by atoms with Crippen LogP contribution in [0.25, 0.3) is 11.0 Å². The van der Waals surface area contributed by atoms with Crippen molar-refractivity contribution in [2.75, 3.05) is 32.1 Å². The van der Waals surface area contributed by atoms with Crippen LogP contribution in [0.2, 0.25) is 0 Å². The fraction of sp³-hybridized carbons (Fsp3) is 0.385. The van der Waals surface area contributed by atoms with Gasteiger partial charge in [0.2, 0.25) is 0 Å². The summed E-state index contributed by atoms with van der Waals surface area (Å²) in [6.07, 6.45) is 1.12. The minimum Gasteiger partial charge on any atom is -0.441 e. The van der Waals surface area contributed by atoms with E-state index >= 15 is 0 Å². The van der Waals surface area contributed by atoms with E-state index in [9.17, 15) is 0 Å². The first-order valence-electron chi connectivity index (χ1n) is 5.65. The number of para-hydroxylation sites is 1. The van der Waals surface area contributed by atoms with Gasteiger partial charge >= 0.3 is 0 Å². The fourth-order valence-corrected chi connectivity index (χ4v) is 1.76. The van der Waals surface area contributed by atoms with Crippen LogP contribution in [-0.4, -0.2) is 27.2 Å². The van der Waals surface area contributed by atoms with E-state index in [0.717, 1.165) is 36.4 Å². The van der Waals surface area contributed by atoms with Crippen LogP contribution in [-0.2, 0) is 0 Å². The number of anilines is 1. The maximum absolute atomic E-state index is 5.77. The van der Waals surface area contributed by atoms with Crippen LogP contribution in [0, 0.1) is 0 Å². The van der Waals surface area contributed by atoms with E-state index in [1.165, 1.54) is 0 Å². The van der Waals surface area contributed by atoms with E-state index in [1.807, 2.05) is 25.2 Å². The predicted molar refractivity (Wildman–Crippen MR) is 68.0 cm³/mol. The van der Waals surface area contributed by atoms with Crippen LogP contribution in [0.3, 0.4) is 0 Å². The Kier molecular flexibility index (Phi) is 3.47. The van der Waals surface area contributed by atoms with Crippen molar-refractivity contribution < 1.29 is 4.42 Å². The predicted octanol–water partition coefficient (Wildman–Crippen LogP) is 2.48. The van der Waals surface area contributed by atoms with Crippen molar-refractivity contribution in [1.82, 2.24) is 5.32 Å². The zero-order valence-corrected chi connectivity index (χ0v) is 9.86. The molecule has 2 rings (SSSR count).